The third-order valence-corrected chi connectivity index (χ3v) is 5.28. The molecule has 3 aromatic carbocycles. The number of hydrogen-bond donors (Lipinski definition) is 0. The highest BCUT2D eigenvalue weighted by Gasteiger charge is 2.68. The lowest BCUT2D eigenvalue weighted by Crippen LogP contribution is -2.46. The Labute approximate surface area is 152 Å². The van der Waals surface area contributed by atoms with Crippen LogP contribution in [0, 0.1) is 6.92 Å². The van der Waals surface area contributed by atoms with E-state index in [4.69, 9.17) is 14.5 Å². The van der Waals surface area contributed by atoms with Crippen LogP contribution in [0.25, 0.3) is 0 Å². The Kier molecular flexibility index (Phi) is 3.05. The van der Waals surface area contributed by atoms with Crippen molar-refractivity contribution in [2.75, 3.05) is 0 Å². The summed E-state index contributed by atoms with van der Waals surface area (Å²) in [6.07, 6.45) is 0. The molecule has 0 unspecified atom stereocenters. The lowest BCUT2D eigenvalue weighted by molar-refractivity contribution is -0.0491. The molecule has 0 radical (unpaired) electrons. The van der Waals surface area contributed by atoms with Gasteiger partial charge in [-0.3, -0.25) is 0 Å². The van der Waals surface area contributed by atoms with Crippen LogP contribution in [0.4, 0.5) is 0 Å². The zero-order valence-electron chi connectivity index (χ0n) is 14.8. The average Bonchev–Trinajstić information content (AvgIpc) is 3.13. The van der Waals surface area contributed by atoms with Gasteiger partial charge in [0.05, 0.1) is 0 Å². The van der Waals surface area contributed by atoms with Crippen molar-refractivity contribution in [3.63, 3.8) is 0 Å². The van der Waals surface area contributed by atoms with Gasteiger partial charge in [-0.25, -0.2) is 4.99 Å². The van der Waals surface area contributed by atoms with Crippen LogP contribution in [-0.4, -0.2) is 5.90 Å². The Morgan fingerprint density at radius 3 is 2.04 bits per heavy atom. The van der Waals surface area contributed by atoms with Crippen LogP contribution in [0.5, 0.6) is 5.75 Å². The molecule has 0 saturated carbocycles. The van der Waals surface area contributed by atoms with Gasteiger partial charge in [-0.15, -0.1) is 0 Å². The summed E-state index contributed by atoms with van der Waals surface area (Å²) in [6, 6.07) is 26.6. The van der Waals surface area contributed by atoms with E-state index >= 15 is 0 Å². The van der Waals surface area contributed by atoms with Crippen molar-refractivity contribution in [1.82, 2.24) is 0 Å². The number of fused-ring (bicyclic) bond motifs is 3. The minimum absolute atomic E-state index is 0.630. The summed E-state index contributed by atoms with van der Waals surface area (Å²) in [7, 11) is 0. The van der Waals surface area contributed by atoms with Crippen molar-refractivity contribution >= 4 is 5.90 Å². The first-order valence-corrected chi connectivity index (χ1v) is 8.83. The molecule has 3 heteroatoms. The van der Waals surface area contributed by atoms with E-state index in [1.807, 2.05) is 43.3 Å². The Morgan fingerprint density at radius 1 is 0.692 bits per heavy atom. The van der Waals surface area contributed by atoms with Crippen LogP contribution >= 0.6 is 0 Å². The number of aryl methyl sites for hydroxylation is 1. The van der Waals surface area contributed by atoms with Crippen molar-refractivity contribution in [3.8, 4) is 5.75 Å². The van der Waals surface area contributed by atoms with Gasteiger partial charge in [-0.1, -0.05) is 78.9 Å². The third kappa shape index (κ3) is 1.75. The average molecular weight is 341 g/mol. The Hall–Kier alpha value is -3.07. The fourth-order valence-electron chi connectivity index (χ4n) is 4.23. The third-order valence-electron chi connectivity index (χ3n) is 5.28. The van der Waals surface area contributed by atoms with E-state index in [1.54, 1.807) is 0 Å². The second kappa shape index (κ2) is 5.21. The predicted molar refractivity (Wildman–Crippen MR) is 101 cm³/mol. The van der Waals surface area contributed by atoms with E-state index in [0.717, 1.165) is 28.0 Å². The molecule has 2 heterocycles. The number of para-hydroxylation sites is 1. The quantitative estimate of drug-likeness (QED) is 0.661. The summed E-state index contributed by atoms with van der Waals surface area (Å²) in [5.41, 5.74) is 2.33. The maximum absolute atomic E-state index is 6.65. The molecule has 2 atom stereocenters. The van der Waals surface area contributed by atoms with Crippen LogP contribution in [0.1, 0.15) is 29.2 Å². The van der Waals surface area contributed by atoms with E-state index in [9.17, 15) is 0 Å². The molecule has 3 nitrogen and oxygen atoms in total. The van der Waals surface area contributed by atoms with E-state index in [-0.39, 0.29) is 0 Å². The number of rotatable bonds is 2. The van der Waals surface area contributed by atoms with E-state index in [2.05, 4.69) is 49.4 Å². The summed E-state index contributed by atoms with van der Waals surface area (Å²) in [5, 5.41) is 0. The molecule has 5 rings (SSSR count). The molecule has 3 aromatic rings. The number of nitrogens with zero attached hydrogens (tertiary/aromatic N) is 1. The molecule has 2 aliphatic heterocycles. The highest BCUT2D eigenvalue weighted by molar-refractivity contribution is 5.80. The van der Waals surface area contributed by atoms with Gasteiger partial charge in [0.2, 0.25) is 5.60 Å². The van der Waals surface area contributed by atoms with E-state index in [1.165, 1.54) is 0 Å². The van der Waals surface area contributed by atoms with Crippen molar-refractivity contribution < 1.29 is 9.47 Å². The van der Waals surface area contributed by atoms with E-state index < -0.39 is 11.3 Å². The van der Waals surface area contributed by atoms with Crippen molar-refractivity contribution in [1.29, 1.82) is 0 Å². The maximum Gasteiger partial charge on any atom is 0.277 e. The van der Waals surface area contributed by atoms with Crippen molar-refractivity contribution in [2.24, 2.45) is 4.99 Å². The number of ether oxygens (including phenoxy) is 2. The molecule has 0 amide bonds. The molecule has 0 bridgehead atoms. The molecule has 0 N–H and O–H groups in total. The van der Waals surface area contributed by atoms with Gasteiger partial charge in [0.1, 0.15) is 5.75 Å². The van der Waals surface area contributed by atoms with Gasteiger partial charge in [0.25, 0.3) is 5.72 Å². The molecular weight excluding hydrogens is 322 g/mol. The number of aliphatic imine (C=N–C) groups is 1. The zero-order chi connectivity index (χ0) is 17.8. The Bertz CT molecular complexity index is 1010. The maximum atomic E-state index is 6.65. The van der Waals surface area contributed by atoms with Gasteiger partial charge < -0.3 is 9.47 Å². The first-order chi connectivity index (χ1) is 12.7. The van der Waals surface area contributed by atoms with Gasteiger partial charge in [-0.2, -0.15) is 0 Å². The van der Waals surface area contributed by atoms with Crippen LogP contribution in [0.2, 0.25) is 0 Å². The van der Waals surface area contributed by atoms with Crippen LogP contribution in [0.3, 0.4) is 0 Å². The molecule has 128 valence electrons. The SMILES string of the molecule is CC1=N[C@]2(c3ccccc3)Oc3c(C)cccc3[C@]2(c2ccccc2)O1. The first-order valence-electron chi connectivity index (χ1n) is 8.83. The minimum Gasteiger partial charge on any atom is -0.458 e. The van der Waals surface area contributed by atoms with E-state index in [0.29, 0.717) is 5.90 Å². The normalized spacial score (nSPS) is 25.7. The molecule has 2 aliphatic rings. The lowest BCUT2D eigenvalue weighted by Gasteiger charge is -2.36. The Morgan fingerprint density at radius 2 is 1.35 bits per heavy atom. The first kappa shape index (κ1) is 15.2. The van der Waals surface area contributed by atoms with Crippen molar-refractivity contribution in [3.05, 3.63) is 101 Å². The lowest BCUT2D eigenvalue weighted by atomic mass is 9.76. The molecular formula is C23H19NO2. The van der Waals surface area contributed by atoms with Gasteiger partial charge in [0.15, 0.2) is 5.90 Å². The number of benzene rings is 3. The van der Waals surface area contributed by atoms with Gasteiger partial charge >= 0.3 is 0 Å². The fourth-order valence-corrected chi connectivity index (χ4v) is 4.23. The highest BCUT2D eigenvalue weighted by Crippen LogP contribution is 2.62. The smallest absolute Gasteiger partial charge is 0.277 e. The topological polar surface area (TPSA) is 30.8 Å². The number of hydrogen-bond acceptors (Lipinski definition) is 3. The second-order valence-corrected chi connectivity index (χ2v) is 6.84. The fraction of sp³-hybridized carbons (Fsp3) is 0.174. The molecule has 26 heavy (non-hydrogen) atoms. The van der Waals surface area contributed by atoms with Crippen LogP contribution in [-0.2, 0) is 16.1 Å². The summed E-state index contributed by atoms with van der Waals surface area (Å²) < 4.78 is 13.2. The zero-order valence-corrected chi connectivity index (χ0v) is 14.8. The molecule has 0 aromatic heterocycles. The molecule has 0 fully saturated rings. The monoisotopic (exact) mass is 341 g/mol. The molecule has 0 saturated heterocycles. The highest BCUT2D eigenvalue weighted by atomic mass is 16.6. The summed E-state index contributed by atoms with van der Waals surface area (Å²) >= 11 is 0. The van der Waals surface area contributed by atoms with Crippen LogP contribution in [0.15, 0.2) is 83.9 Å². The Balaban J connectivity index is 1.89. The van der Waals surface area contributed by atoms with Gasteiger partial charge in [-0.05, 0) is 12.5 Å². The van der Waals surface area contributed by atoms with Crippen LogP contribution < -0.4 is 4.74 Å². The van der Waals surface area contributed by atoms with Crippen molar-refractivity contribution in [2.45, 2.75) is 25.2 Å². The summed E-state index contributed by atoms with van der Waals surface area (Å²) in [6.45, 7) is 3.96. The molecule has 0 spiro atoms. The minimum atomic E-state index is -0.964. The predicted octanol–water partition coefficient (Wildman–Crippen LogP) is 4.93. The second-order valence-electron chi connectivity index (χ2n) is 6.84. The standard InChI is InChI=1S/C23H19NO2/c1-16-10-9-15-20-21(16)26-23(19-13-7-4-8-14-19)22(20,25-17(2)24-23)18-11-5-3-6-12-18/h3-15H,1-2H3/t22-,23+/m0/s1. The molecule has 0 aliphatic carbocycles. The largest absolute Gasteiger partial charge is 0.458 e. The van der Waals surface area contributed by atoms with Gasteiger partial charge in [0, 0.05) is 23.6 Å². The summed E-state index contributed by atoms with van der Waals surface area (Å²) in [5.74, 6) is 1.49. The summed E-state index contributed by atoms with van der Waals surface area (Å²) in [4.78, 5) is 4.93.